The number of nitrogens with two attached hydrogens (primary N) is 3. The zero-order valence-corrected chi connectivity index (χ0v) is 38.5. The van der Waals surface area contributed by atoms with E-state index in [4.69, 9.17) is 59.4 Å². The summed E-state index contributed by atoms with van der Waals surface area (Å²) in [5, 5.41) is 7.48. The van der Waals surface area contributed by atoms with Crippen LogP contribution in [0.1, 0.15) is 88.7 Å². The molecule has 3 rings (SSSR count). The number of hydrogen-bond donors (Lipinski definition) is 3. The highest BCUT2D eigenvalue weighted by molar-refractivity contribution is 8.55. The number of hydrazone groups is 2. The van der Waals surface area contributed by atoms with Crippen molar-refractivity contribution in [2.75, 3.05) is 14.1 Å². The molecule has 0 saturated heterocycles. The highest BCUT2D eigenvalue weighted by atomic mass is 32.5. The number of rotatable bonds is 22. The molecule has 18 heteroatoms. The third kappa shape index (κ3) is 13.2. The molecule has 7 atom stereocenters. The SMILES string of the molecule is CCCC(C)(Oc1ccc(/C=N/N(C)[P+](=S)C(C)(CCC)Oc2ccc(/C=N/N(C)[P+](=S)C(C)(C)Oc3ccc(C=O)cc3)cc2)cc1)P(N)P(N)PN. The van der Waals surface area contributed by atoms with Crippen LogP contribution in [0.5, 0.6) is 17.2 Å². The normalized spacial score (nSPS) is 16.1. The Kier molecular flexibility index (Phi) is 18.3. The maximum Gasteiger partial charge on any atom is 0.358 e. The lowest BCUT2D eigenvalue weighted by atomic mass is 10.2. The van der Waals surface area contributed by atoms with Crippen molar-refractivity contribution in [3.63, 3.8) is 0 Å². The molecule has 0 aliphatic rings. The van der Waals surface area contributed by atoms with Crippen LogP contribution in [0.15, 0.2) is 83.0 Å². The Labute approximate surface area is 337 Å². The number of nitrogens with zero attached hydrogens (tertiary/aromatic N) is 4. The van der Waals surface area contributed by atoms with Crippen molar-refractivity contribution in [2.45, 2.75) is 83.3 Å². The van der Waals surface area contributed by atoms with E-state index in [1.807, 2.05) is 88.2 Å². The highest BCUT2D eigenvalue weighted by Gasteiger charge is 2.46. The van der Waals surface area contributed by atoms with Gasteiger partial charge in [0.1, 0.15) is 28.9 Å². The molecule has 0 radical (unpaired) electrons. The Hall–Kier alpha value is -2.12. The number of carbonyl (C=O) groups is 1. The fourth-order valence-corrected chi connectivity index (χ4v) is 14.9. The van der Waals surface area contributed by atoms with Gasteiger partial charge in [-0.15, -0.1) is 19.8 Å². The summed E-state index contributed by atoms with van der Waals surface area (Å²) in [4.78, 5) is 11.0. The topological polar surface area (TPSA) is 154 Å². The van der Waals surface area contributed by atoms with Gasteiger partial charge in [-0.2, -0.15) is 0 Å². The fourth-order valence-electron chi connectivity index (χ4n) is 5.36. The predicted molar refractivity (Wildman–Crippen MR) is 241 cm³/mol. The molecular formula is C36H54N7O4P5S2+2. The third-order valence-electron chi connectivity index (χ3n) is 8.24. The minimum Gasteiger partial charge on any atom is -0.481 e. The first-order valence-electron chi connectivity index (χ1n) is 17.4. The van der Waals surface area contributed by atoms with Crippen molar-refractivity contribution in [1.82, 2.24) is 9.56 Å². The van der Waals surface area contributed by atoms with Gasteiger partial charge in [0.25, 0.3) is 10.7 Å². The Morgan fingerprint density at radius 2 is 1.15 bits per heavy atom. The minimum atomic E-state index is -1.25. The number of hydrogen-bond acceptors (Lipinski definition) is 11. The highest BCUT2D eigenvalue weighted by Crippen LogP contribution is 2.74. The van der Waals surface area contributed by atoms with Crippen molar-refractivity contribution < 1.29 is 19.0 Å². The lowest BCUT2D eigenvalue weighted by Crippen LogP contribution is -2.32. The lowest BCUT2D eigenvalue weighted by Gasteiger charge is -2.38. The zero-order valence-electron chi connectivity index (χ0n) is 32.2. The Morgan fingerprint density at radius 3 is 1.59 bits per heavy atom. The molecule has 292 valence electrons. The van der Waals surface area contributed by atoms with E-state index in [0.717, 1.165) is 48.8 Å². The van der Waals surface area contributed by atoms with E-state index < -0.39 is 44.9 Å². The van der Waals surface area contributed by atoms with Crippen LogP contribution in [-0.2, 0) is 23.6 Å². The Balaban J connectivity index is 1.63. The average molecular weight is 868 g/mol. The monoisotopic (exact) mass is 867 g/mol. The molecular weight excluding hydrogens is 813 g/mol. The molecule has 0 spiro atoms. The lowest BCUT2D eigenvalue weighted by molar-refractivity contribution is 0.112. The van der Waals surface area contributed by atoms with E-state index in [0.29, 0.717) is 17.1 Å². The number of ether oxygens (including phenoxy) is 3. The van der Waals surface area contributed by atoms with Gasteiger partial charge < -0.3 is 30.7 Å². The van der Waals surface area contributed by atoms with Crippen molar-refractivity contribution in [1.29, 1.82) is 0 Å². The summed E-state index contributed by atoms with van der Waals surface area (Å²) in [6.45, 7) is 9.74. The first-order valence-corrected chi connectivity index (χ1v) is 27.4. The molecule has 0 saturated carbocycles. The fraction of sp³-hybridized carbons (Fsp3) is 0.417. The van der Waals surface area contributed by atoms with E-state index in [9.17, 15) is 4.79 Å². The molecule has 0 aliphatic carbocycles. The van der Waals surface area contributed by atoms with Gasteiger partial charge in [0, 0.05) is 40.2 Å². The second-order valence-corrected chi connectivity index (χ2v) is 28.1. The van der Waals surface area contributed by atoms with Crippen molar-refractivity contribution in [3.8, 4) is 17.2 Å². The third-order valence-corrected chi connectivity index (χ3v) is 24.0. The van der Waals surface area contributed by atoms with Gasteiger partial charge in [-0.1, -0.05) is 20.3 Å². The van der Waals surface area contributed by atoms with Crippen LogP contribution in [0.3, 0.4) is 0 Å². The first kappa shape index (κ1) is 46.3. The van der Waals surface area contributed by atoms with Crippen LogP contribution in [0.4, 0.5) is 0 Å². The van der Waals surface area contributed by atoms with E-state index >= 15 is 0 Å². The molecule has 54 heavy (non-hydrogen) atoms. The molecule has 3 aromatic carbocycles. The Bertz CT molecular complexity index is 1760. The summed E-state index contributed by atoms with van der Waals surface area (Å²) in [5.41, 5.74) is 21.1. The van der Waals surface area contributed by atoms with E-state index in [2.05, 4.69) is 25.9 Å². The van der Waals surface area contributed by atoms with E-state index in [1.165, 1.54) is 0 Å². The van der Waals surface area contributed by atoms with Gasteiger partial charge in [0.05, 0.1) is 34.3 Å². The van der Waals surface area contributed by atoms with E-state index in [1.54, 1.807) is 41.5 Å². The largest absolute Gasteiger partial charge is 0.481 e. The van der Waals surface area contributed by atoms with Gasteiger partial charge in [0.15, 0.2) is 23.6 Å². The molecule has 0 heterocycles. The molecule has 11 nitrogen and oxygen atoms in total. The molecule has 3 aromatic rings. The van der Waals surface area contributed by atoms with Gasteiger partial charge in [-0.05, 0) is 112 Å². The van der Waals surface area contributed by atoms with Gasteiger partial charge in [-0.25, -0.2) is 0 Å². The van der Waals surface area contributed by atoms with Crippen molar-refractivity contribution in [3.05, 3.63) is 89.5 Å². The van der Waals surface area contributed by atoms with Crippen molar-refractivity contribution in [2.24, 2.45) is 26.7 Å². The van der Waals surface area contributed by atoms with Gasteiger partial charge in [-0.3, -0.25) is 4.79 Å². The molecule has 0 fully saturated rings. The second kappa shape index (κ2) is 21.4. The summed E-state index contributed by atoms with van der Waals surface area (Å²) < 4.78 is 22.8. The molecule has 7 unspecified atom stereocenters. The summed E-state index contributed by atoms with van der Waals surface area (Å²) >= 11 is 11.9. The molecule has 6 N–H and O–H groups in total. The smallest absolute Gasteiger partial charge is 0.358 e. The maximum absolute atomic E-state index is 11.0. The summed E-state index contributed by atoms with van der Waals surface area (Å²) in [7, 11) is 1.86. The number of benzene rings is 3. The quantitative estimate of drug-likeness (QED) is 0.0383. The van der Waals surface area contributed by atoms with Crippen LogP contribution >= 0.6 is 37.3 Å². The molecule has 0 amide bonds. The Morgan fingerprint density at radius 1 is 0.722 bits per heavy atom. The summed E-state index contributed by atoms with van der Waals surface area (Å²) in [6.07, 6.45) is 7.76. The van der Waals surface area contributed by atoms with Gasteiger partial charge in [0.2, 0.25) is 0 Å². The van der Waals surface area contributed by atoms with Crippen LogP contribution < -0.4 is 30.7 Å². The van der Waals surface area contributed by atoms with Crippen LogP contribution in [-0.4, -0.2) is 58.4 Å². The van der Waals surface area contributed by atoms with Crippen LogP contribution in [0.2, 0.25) is 0 Å². The summed E-state index contributed by atoms with van der Waals surface area (Å²) in [5.74, 6) is 2.09. The average Bonchev–Trinajstić information content (AvgIpc) is 3.16. The molecule has 0 bridgehead atoms. The molecule has 0 aromatic heterocycles. The second-order valence-electron chi connectivity index (χ2n) is 13.3. The number of carbonyl (C=O) groups excluding carboxylic acids is 1. The summed E-state index contributed by atoms with van der Waals surface area (Å²) in [6, 6.07) is 22.5. The van der Waals surface area contributed by atoms with Gasteiger partial charge >= 0.3 is 13.7 Å². The molecule has 0 aliphatic heterocycles. The minimum absolute atomic E-state index is 0.133. The number of aldehydes is 1. The predicted octanol–water partition coefficient (Wildman–Crippen LogP) is 10.1. The standard InChI is InChI=1S/C36H54N7O4P5S2/c1-9-23-35(5,49(38)52(39)48-37)46-32-17-11-29(12-18-32)26-41-43(8)51(54)36(6,24-10-2)47-33-19-13-28(14-20-33)25-40-42(7)50(53)34(3,4)45-31-21-15-30(27-44)16-22-31/h11-22,25-27,48H,9-10,23-24,37-39H2,1-8H3/q+2/b40-25+,41-26+. The maximum atomic E-state index is 11.0. The van der Waals surface area contributed by atoms with E-state index in [-0.39, 0.29) is 8.42 Å². The van der Waals surface area contributed by atoms with Crippen LogP contribution in [0, 0.1) is 0 Å². The zero-order chi connectivity index (χ0) is 40.1. The van der Waals surface area contributed by atoms with Crippen LogP contribution in [0.25, 0.3) is 0 Å². The first-order chi connectivity index (χ1) is 25.5. The van der Waals surface area contributed by atoms with Crippen molar-refractivity contribution >= 4 is 79.7 Å².